The molecule has 1 unspecified atom stereocenters. The predicted molar refractivity (Wildman–Crippen MR) is 104 cm³/mol. The Balaban J connectivity index is 1.79. The lowest BCUT2D eigenvalue weighted by molar-refractivity contribution is 0.102. The van der Waals surface area contributed by atoms with Crippen molar-refractivity contribution in [2.24, 2.45) is 0 Å². The molecule has 0 saturated carbocycles. The number of rotatable bonds is 4. The number of amides is 1. The highest BCUT2D eigenvalue weighted by atomic mass is 35.5. The number of benzene rings is 1. The zero-order chi connectivity index (χ0) is 17.8. The van der Waals surface area contributed by atoms with E-state index in [9.17, 15) is 4.79 Å². The lowest BCUT2D eigenvalue weighted by Gasteiger charge is -2.37. The summed E-state index contributed by atoms with van der Waals surface area (Å²) in [6.45, 7) is 3.21. The Kier molecular flexibility index (Phi) is 5.82. The second-order valence-corrected chi connectivity index (χ2v) is 7.17. The van der Waals surface area contributed by atoms with Crippen molar-refractivity contribution in [1.82, 2.24) is 4.98 Å². The Hall–Kier alpha value is -1.78. The topological polar surface area (TPSA) is 45.2 Å². The summed E-state index contributed by atoms with van der Waals surface area (Å²) < 4.78 is 0. The van der Waals surface area contributed by atoms with Gasteiger partial charge in [-0.3, -0.25) is 9.78 Å². The first-order valence-electron chi connectivity index (χ1n) is 8.56. The SMILES string of the molecule is CCC1CCCCN1c1cncc(C(=O)Nc2cc(Cl)cc(Cl)c2)c1. The highest BCUT2D eigenvalue weighted by Gasteiger charge is 2.22. The van der Waals surface area contributed by atoms with Crippen molar-refractivity contribution < 1.29 is 4.79 Å². The molecule has 4 nitrogen and oxygen atoms in total. The largest absolute Gasteiger partial charge is 0.367 e. The Morgan fingerprint density at radius 1 is 1.20 bits per heavy atom. The normalized spacial score (nSPS) is 17.4. The van der Waals surface area contributed by atoms with E-state index >= 15 is 0 Å². The molecule has 3 rings (SSSR count). The van der Waals surface area contributed by atoms with Gasteiger partial charge in [0.05, 0.1) is 17.4 Å². The molecule has 1 aliphatic heterocycles. The van der Waals surface area contributed by atoms with Crippen LogP contribution in [0.5, 0.6) is 0 Å². The molecule has 1 N–H and O–H groups in total. The van der Waals surface area contributed by atoms with E-state index in [2.05, 4.69) is 22.1 Å². The summed E-state index contributed by atoms with van der Waals surface area (Å²) in [6, 6.07) is 7.38. The summed E-state index contributed by atoms with van der Waals surface area (Å²) in [6.07, 6.45) is 8.13. The van der Waals surface area contributed by atoms with Gasteiger partial charge in [-0.25, -0.2) is 0 Å². The van der Waals surface area contributed by atoms with Crippen LogP contribution in [0.15, 0.2) is 36.7 Å². The van der Waals surface area contributed by atoms with Gasteiger partial charge >= 0.3 is 0 Å². The number of carbonyl (C=O) groups excluding carboxylic acids is 1. The van der Waals surface area contributed by atoms with Crippen molar-refractivity contribution in [3.63, 3.8) is 0 Å². The van der Waals surface area contributed by atoms with Crippen molar-refractivity contribution in [3.8, 4) is 0 Å². The van der Waals surface area contributed by atoms with Gasteiger partial charge in [0.2, 0.25) is 0 Å². The summed E-state index contributed by atoms with van der Waals surface area (Å²) >= 11 is 12.0. The van der Waals surface area contributed by atoms with Gasteiger partial charge in [-0.05, 0) is 49.9 Å². The Bertz CT molecular complexity index is 746. The molecule has 0 bridgehead atoms. The Morgan fingerprint density at radius 3 is 2.68 bits per heavy atom. The number of pyridine rings is 1. The van der Waals surface area contributed by atoms with Crippen LogP contribution in [0.25, 0.3) is 0 Å². The molecule has 0 aliphatic carbocycles. The summed E-state index contributed by atoms with van der Waals surface area (Å²) in [4.78, 5) is 19.2. The molecule has 1 saturated heterocycles. The molecule has 1 aromatic heterocycles. The molecule has 25 heavy (non-hydrogen) atoms. The number of carbonyl (C=O) groups is 1. The molecule has 6 heteroatoms. The molecular formula is C19H21Cl2N3O. The average Bonchev–Trinajstić information content (AvgIpc) is 2.61. The number of anilines is 2. The molecular weight excluding hydrogens is 357 g/mol. The third-order valence-electron chi connectivity index (χ3n) is 4.54. The van der Waals surface area contributed by atoms with Crippen LogP contribution in [-0.2, 0) is 0 Å². The van der Waals surface area contributed by atoms with Crippen molar-refractivity contribution >= 4 is 40.5 Å². The Labute approximate surface area is 158 Å². The Morgan fingerprint density at radius 2 is 1.96 bits per heavy atom. The fourth-order valence-electron chi connectivity index (χ4n) is 3.30. The first-order chi connectivity index (χ1) is 12.1. The van der Waals surface area contributed by atoms with Crippen LogP contribution in [0.4, 0.5) is 11.4 Å². The van der Waals surface area contributed by atoms with Crippen LogP contribution in [-0.4, -0.2) is 23.5 Å². The maximum absolute atomic E-state index is 12.6. The number of hydrogen-bond donors (Lipinski definition) is 1. The van der Waals surface area contributed by atoms with E-state index in [1.165, 1.54) is 19.3 Å². The van der Waals surface area contributed by atoms with E-state index in [-0.39, 0.29) is 5.91 Å². The molecule has 1 aliphatic rings. The molecule has 1 fully saturated rings. The average molecular weight is 378 g/mol. The van der Waals surface area contributed by atoms with Gasteiger partial charge < -0.3 is 10.2 Å². The third kappa shape index (κ3) is 4.44. The van der Waals surface area contributed by atoms with Crippen molar-refractivity contribution in [3.05, 3.63) is 52.3 Å². The number of halogens is 2. The van der Waals surface area contributed by atoms with Gasteiger partial charge in [0, 0.05) is 34.5 Å². The number of nitrogens with zero attached hydrogens (tertiary/aromatic N) is 2. The van der Waals surface area contributed by atoms with E-state index in [1.807, 2.05) is 12.3 Å². The second kappa shape index (κ2) is 8.07. The second-order valence-electron chi connectivity index (χ2n) is 6.30. The first kappa shape index (κ1) is 18.0. The minimum Gasteiger partial charge on any atom is -0.367 e. The monoisotopic (exact) mass is 377 g/mol. The molecule has 0 radical (unpaired) electrons. The number of nitrogens with one attached hydrogen (secondary N) is 1. The van der Waals surface area contributed by atoms with Crippen LogP contribution >= 0.6 is 23.2 Å². The summed E-state index contributed by atoms with van der Waals surface area (Å²) in [5.74, 6) is -0.224. The van der Waals surface area contributed by atoms with Crippen LogP contribution in [0, 0.1) is 0 Å². The van der Waals surface area contributed by atoms with Crippen molar-refractivity contribution in [2.75, 3.05) is 16.8 Å². The third-order valence-corrected chi connectivity index (χ3v) is 4.97. The summed E-state index contributed by atoms with van der Waals surface area (Å²) in [5.41, 5.74) is 2.09. The lowest BCUT2D eigenvalue weighted by Crippen LogP contribution is -2.39. The van der Waals surface area contributed by atoms with Crippen molar-refractivity contribution in [2.45, 2.75) is 38.6 Å². The van der Waals surface area contributed by atoms with Crippen molar-refractivity contribution in [1.29, 1.82) is 0 Å². The number of piperidine rings is 1. The van der Waals surface area contributed by atoms with Crippen LogP contribution in [0.1, 0.15) is 43.0 Å². The van der Waals surface area contributed by atoms with Crippen LogP contribution < -0.4 is 10.2 Å². The van der Waals surface area contributed by atoms with Gasteiger partial charge in [0.1, 0.15) is 0 Å². The minimum absolute atomic E-state index is 0.224. The maximum Gasteiger partial charge on any atom is 0.257 e. The van der Waals surface area contributed by atoms with Gasteiger partial charge in [0.15, 0.2) is 0 Å². The fourth-order valence-corrected chi connectivity index (χ4v) is 3.83. The van der Waals surface area contributed by atoms with E-state index in [0.29, 0.717) is 27.3 Å². The van der Waals surface area contributed by atoms with Gasteiger partial charge in [0.25, 0.3) is 5.91 Å². The smallest absolute Gasteiger partial charge is 0.257 e. The quantitative estimate of drug-likeness (QED) is 0.774. The highest BCUT2D eigenvalue weighted by Crippen LogP contribution is 2.27. The molecule has 132 valence electrons. The number of hydrogen-bond acceptors (Lipinski definition) is 3. The predicted octanol–water partition coefficient (Wildman–Crippen LogP) is 5.41. The highest BCUT2D eigenvalue weighted by molar-refractivity contribution is 6.35. The van der Waals surface area contributed by atoms with E-state index in [4.69, 9.17) is 23.2 Å². The first-order valence-corrected chi connectivity index (χ1v) is 9.31. The maximum atomic E-state index is 12.6. The van der Waals surface area contributed by atoms with Crippen LogP contribution in [0.2, 0.25) is 10.0 Å². The molecule has 2 aromatic rings. The summed E-state index contributed by atoms with van der Waals surface area (Å²) in [7, 11) is 0. The molecule has 2 heterocycles. The van der Waals surface area contributed by atoms with Gasteiger partial charge in [-0.15, -0.1) is 0 Å². The van der Waals surface area contributed by atoms with E-state index in [0.717, 1.165) is 18.7 Å². The van der Waals surface area contributed by atoms with Gasteiger partial charge in [-0.1, -0.05) is 30.1 Å². The molecule has 0 spiro atoms. The molecule has 1 aromatic carbocycles. The standard InChI is InChI=1S/C19H21Cl2N3O/c1-2-17-5-3-4-6-24(17)18-7-13(11-22-12-18)19(25)23-16-9-14(20)8-15(21)10-16/h7-12,17H,2-6H2,1H3,(H,23,25). The summed E-state index contributed by atoms with van der Waals surface area (Å²) in [5, 5.41) is 3.79. The number of aromatic nitrogens is 1. The molecule has 1 amide bonds. The van der Waals surface area contributed by atoms with E-state index < -0.39 is 0 Å². The van der Waals surface area contributed by atoms with Gasteiger partial charge in [-0.2, -0.15) is 0 Å². The zero-order valence-corrected chi connectivity index (χ0v) is 15.6. The zero-order valence-electron chi connectivity index (χ0n) is 14.1. The van der Waals surface area contributed by atoms with Crippen LogP contribution in [0.3, 0.4) is 0 Å². The van der Waals surface area contributed by atoms with E-state index in [1.54, 1.807) is 24.4 Å². The lowest BCUT2D eigenvalue weighted by atomic mass is 9.99. The molecule has 1 atom stereocenters. The minimum atomic E-state index is -0.224. The fraction of sp³-hybridized carbons (Fsp3) is 0.368.